The fourth-order valence-electron chi connectivity index (χ4n) is 2.06. The number of benzene rings is 1. The third kappa shape index (κ3) is 3.41. The summed E-state index contributed by atoms with van der Waals surface area (Å²) < 4.78 is 11.0. The van der Waals surface area contributed by atoms with Crippen LogP contribution in [-0.4, -0.2) is 19.0 Å². The number of ketones is 1. The lowest BCUT2D eigenvalue weighted by Crippen LogP contribution is -1.98. The van der Waals surface area contributed by atoms with E-state index in [4.69, 9.17) is 21.1 Å². The predicted molar refractivity (Wildman–Crippen MR) is 83.8 cm³/mol. The number of hydrogen-bond acceptors (Lipinski definition) is 4. The summed E-state index contributed by atoms with van der Waals surface area (Å²) in [7, 11) is 0. The number of carbonyl (C=O) groups excluding carboxylic acids is 1. The van der Waals surface area contributed by atoms with E-state index in [1.54, 1.807) is 41.7 Å². The van der Waals surface area contributed by atoms with E-state index in [0.717, 1.165) is 10.4 Å². The lowest BCUT2D eigenvalue weighted by molar-refractivity contribution is -0.0439. The Bertz CT molecular complexity index is 654. The van der Waals surface area contributed by atoms with E-state index in [0.29, 0.717) is 23.8 Å². The van der Waals surface area contributed by atoms with Gasteiger partial charge in [0.25, 0.3) is 0 Å². The summed E-state index contributed by atoms with van der Waals surface area (Å²) in [5.74, 6) is -0.0562. The zero-order chi connectivity index (χ0) is 14.7. The number of ether oxygens (including phenoxy) is 2. The van der Waals surface area contributed by atoms with Crippen LogP contribution in [0.25, 0.3) is 6.08 Å². The molecule has 1 saturated heterocycles. The van der Waals surface area contributed by atoms with E-state index in [2.05, 4.69) is 0 Å². The molecule has 1 fully saturated rings. The van der Waals surface area contributed by atoms with Gasteiger partial charge in [-0.3, -0.25) is 4.79 Å². The highest BCUT2D eigenvalue weighted by molar-refractivity contribution is 7.11. The lowest BCUT2D eigenvalue weighted by atomic mass is 10.1. The van der Waals surface area contributed by atoms with E-state index < -0.39 is 0 Å². The van der Waals surface area contributed by atoms with Crippen LogP contribution < -0.4 is 0 Å². The molecule has 5 heteroatoms. The van der Waals surface area contributed by atoms with Crippen molar-refractivity contribution in [3.8, 4) is 0 Å². The van der Waals surface area contributed by atoms with Crippen molar-refractivity contribution in [3.63, 3.8) is 0 Å². The monoisotopic (exact) mass is 320 g/mol. The maximum Gasteiger partial charge on any atom is 0.185 e. The van der Waals surface area contributed by atoms with Gasteiger partial charge in [0.15, 0.2) is 12.1 Å². The second kappa shape index (κ2) is 6.54. The summed E-state index contributed by atoms with van der Waals surface area (Å²) in [5, 5.41) is 2.58. The number of thiophene rings is 1. The molecule has 0 saturated carbocycles. The third-order valence-corrected chi connectivity index (χ3v) is 4.27. The molecule has 0 spiro atoms. The predicted octanol–water partition coefficient (Wildman–Crippen LogP) is 4.34. The Hall–Kier alpha value is -1.46. The highest BCUT2D eigenvalue weighted by Gasteiger charge is 2.21. The van der Waals surface area contributed by atoms with Gasteiger partial charge in [-0.1, -0.05) is 11.6 Å². The molecule has 1 aromatic heterocycles. The highest BCUT2D eigenvalue weighted by atomic mass is 35.5. The third-order valence-electron chi connectivity index (χ3n) is 3.12. The smallest absolute Gasteiger partial charge is 0.185 e. The highest BCUT2D eigenvalue weighted by Crippen LogP contribution is 2.30. The van der Waals surface area contributed by atoms with E-state index in [1.165, 1.54) is 0 Å². The molecule has 0 bridgehead atoms. The van der Waals surface area contributed by atoms with Crippen molar-refractivity contribution in [2.75, 3.05) is 13.2 Å². The van der Waals surface area contributed by atoms with Gasteiger partial charge < -0.3 is 9.47 Å². The topological polar surface area (TPSA) is 35.5 Å². The van der Waals surface area contributed by atoms with Gasteiger partial charge in [0.1, 0.15) is 0 Å². The molecule has 0 amide bonds. The fraction of sp³-hybridized carbons (Fsp3) is 0.188. The summed E-state index contributed by atoms with van der Waals surface area (Å²) in [6.45, 7) is 1.21. The van der Waals surface area contributed by atoms with Crippen LogP contribution in [0.4, 0.5) is 0 Å². The van der Waals surface area contributed by atoms with Crippen molar-refractivity contribution < 1.29 is 14.3 Å². The number of halogens is 1. The van der Waals surface area contributed by atoms with Crippen molar-refractivity contribution >= 4 is 34.8 Å². The Kier molecular flexibility index (Phi) is 4.51. The van der Waals surface area contributed by atoms with Crippen molar-refractivity contribution in [2.45, 2.75) is 6.29 Å². The first-order chi connectivity index (χ1) is 10.2. The summed E-state index contributed by atoms with van der Waals surface area (Å²) in [5.41, 5.74) is 1.58. The van der Waals surface area contributed by atoms with E-state index in [-0.39, 0.29) is 12.1 Å². The molecule has 0 radical (unpaired) electrons. The molecular formula is C16H13ClO3S. The van der Waals surface area contributed by atoms with Crippen LogP contribution in [0, 0.1) is 0 Å². The average molecular weight is 321 g/mol. The molecule has 3 nitrogen and oxygen atoms in total. The maximum absolute atomic E-state index is 12.1. The number of hydrogen-bond donors (Lipinski definition) is 0. The van der Waals surface area contributed by atoms with Gasteiger partial charge in [-0.2, -0.15) is 0 Å². The minimum Gasteiger partial charge on any atom is -0.346 e. The zero-order valence-electron chi connectivity index (χ0n) is 11.1. The Balaban J connectivity index is 1.75. The Morgan fingerprint density at radius 1 is 1.19 bits per heavy atom. The van der Waals surface area contributed by atoms with Crippen LogP contribution in [0.2, 0.25) is 5.02 Å². The van der Waals surface area contributed by atoms with E-state index in [1.807, 2.05) is 17.5 Å². The van der Waals surface area contributed by atoms with E-state index >= 15 is 0 Å². The molecule has 0 atom stereocenters. The molecule has 108 valence electrons. The molecule has 1 aliphatic heterocycles. The number of rotatable bonds is 4. The first kappa shape index (κ1) is 14.5. The van der Waals surface area contributed by atoms with Crippen molar-refractivity contribution in [2.24, 2.45) is 0 Å². The lowest BCUT2D eigenvalue weighted by Gasteiger charge is -2.07. The van der Waals surface area contributed by atoms with Gasteiger partial charge in [0.2, 0.25) is 0 Å². The van der Waals surface area contributed by atoms with Gasteiger partial charge in [0, 0.05) is 21.0 Å². The summed E-state index contributed by atoms with van der Waals surface area (Å²) in [6, 6.07) is 8.81. The molecule has 21 heavy (non-hydrogen) atoms. The van der Waals surface area contributed by atoms with Gasteiger partial charge >= 0.3 is 0 Å². The van der Waals surface area contributed by atoms with Gasteiger partial charge in [-0.15, -0.1) is 11.3 Å². The normalized spacial score (nSPS) is 15.9. The molecule has 0 N–H and O–H groups in total. The summed E-state index contributed by atoms with van der Waals surface area (Å²) >= 11 is 7.37. The molecular weight excluding hydrogens is 308 g/mol. The van der Waals surface area contributed by atoms with Gasteiger partial charge in [0.05, 0.1) is 13.2 Å². The van der Waals surface area contributed by atoms with Crippen LogP contribution in [0.15, 0.2) is 41.8 Å². The Morgan fingerprint density at radius 2 is 1.90 bits per heavy atom. The van der Waals surface area contributed by atoms with Crippen LogP contribution in [0.3, 0.4) is 0 Å². The van der Waals surface area contributed by atoms with Gasteiger partial charge in [-0.25, -0.2) is 0 Å². The van der Waals surface area contributed by atoms with Crippen molar-refractivity contribution in [1.29, 1.82) is 0 Å². The SMILES string of the molecule is O=C(/C=C/c1sccc1C1OCCO1)c1ccc(Cl)cc1. The van der Waals surface area contributed by atoms with E-state index in [9.17, 15) is 4.79 Å². The summed E-state index contributed by atoms with van der Waals surface area (Å²) in [6.07, 6.45) is 3.05. The molecule has 2 aromatic rings. The summed E-state index contributed by atoms with van der Waals surface area (Å²) in [4.78, 5) is 13.1. The maximum atomic E-state index is 12.1. The minimum atomic E-state index is -0.318. The first-order valence-electron chi connectivity index (χ1n) is 6.52. The quantitative estimate of drug-likeness (QED) is 0.621. The van der Waals surface area contributed by atoms with Crippen molar-refractivity contribution in [3.05, 3.63) is 62.8 Å². The molecule has 1 aliphatic rings. The zero-order valence-corrected chi connectivity index (χ0v) is 12.7. The standard InChI is InChI=1S/C16H13ClO3S/c17-12-3-1-11(2-4-12)14(18)5-6-15-13(7-10-21-15)16-19-8-9-20-16/h1-7,10,16H,8-9H2/b6-5+. The Morgan fingerprint density at radius 3 is 2.62 bits per heavy atom. The van der Waals surface area contributed by atoms with Gasteiger partial charge in [-0.05, 0) is 47.9 Å². The van der Waals surface area contributed by atoms with Crippen LogP contribution in [-0.2, 0) is 9.47 Å². The number of carbonyl (C=O) groups is 1. The second-order valence-electron chi connectivity index (χ2n) is 4.52. The average Bonchev–Trinajstić information content (AvgIpc) is 3.16. The fourth-order valence-corrected chi connectivity index (χ4v) is 2.99. The van der Waals surface area contributed by atoms with Crippen LogP contribution in [0.1, 0.15) is 27.1 Å². The Labute approximate surface area is 131 Å². The second-order valence-corrected chi connectivity index (χ2v) is 5.90. The molecule has 2 heterocycles. The molecule has 1 aromatic carbocycles. The largest absolute Gasteiger partial charge is 0.346 e. The number of allylic oxidation sites excluding steroid dienone is 1. The minimum absolute atomic E-state index is 0.0562. The van der Waals surface area contributed by atoms with Crippen LogP contribution in [0.5, 0.6) is 0 Å². The van der Waals surface area contributed by atoms with Crippen LogP contribution >= 0.6 is 22.9 Å². The molecule has 0 unspecified atom stereocenters. The first-order valence-corrected chi connectivity index (χ1v) is 7.78. The molecule has 3 rings (SSSR count). The van der Waals surface area contributed by atoms with Crippen molar-refractivity contribution in [1.82, 2.24) is 0 Å². The molecule has 0 aliphatic carbocycles.